The van der Waals surface area contributed by atoms with Gasteiger partial charge in [-0.15, -0.1) is 0 Å². The molecule has 13 heteroatoms. The Balaban J connectivity index is 0.832. The van der Waals surface area contributed by atoms with Gasteiger partial charge in [0.05, 0.1) is 30.0 Å². The molecule has 3 aliphatic heterocycles. The number of benzene rings is 3. The molecule has 284 valence electrons. The van der Waals surface area contributed by atoms with Crippen molar-refractivity contribution in [3.05, 3.63) is 107 Å². The molecule has 4 heterocycles. The average molecular weight is 745 g/mol. The summed E-state index contributed by atoms with van der Waals surface area (Å²) >= 11 is 0. The van der Waals surface area contributed by atoms with Crippen LogP contribution in [0, 0.1) is 0 Å². The summed E-state index contributed by atoms with van der Waals surface area (Å²) < 4.78 is 18.0. The van der Waals surface area contributed by atoms with Gasteiger partial charge in [-0.05, 0) is 73.0 Å². The van der Waals surface area contributed by atoms with E-state index in [0.717, 1.165) is 59.2 Å². The second kappa shape index (κ2) is 14.4. The number of anilines is 2. The molecule has 2 N–H and O–H groups in total. The molecule has 1 unspecified atom stereocenters. The van der Waals surface area contributed by atoms with Gasteiger partial charge in [0.15, 0.2) is 0 Å². The second-order valence-corrected chi connectivity index (χ2v) is 15.4. The van der Waals surface area contributed by atoms with E-state index in [9.17, 15) is 19.2 Å². The molecule has 13 nitrogen and oxygen atoms in total. The number of imide groups is 2. The predicted molar refractivity (Wildman–Crippen MR) is 203 cm³/mol. The third-order valence-corrected chi connectivity index (χ3v) is 11.1. The first-order chi connectivity index (χ1) is 26.5. The molecule has 0 spiro atoms. The van der Waals surface area contributed by atoms with Crippen molar-refractivity contribution in [3.63, 3.8) is 0 Å². The maximum absolute atomic E-state index is 13.2. The molecule has 8 rings (SSSR count). The molecular weight excluding hydrogens is 700 g/mol. The molecule has 0 bridgehead atoms. The number of amides is 4. The number of nitrogens with zero attached hydrogens (tertiary/aromatic N) is 4. The van der Waals surface area contributed by atoms with Gasteiger partial charge in [0.25, 0.3) is 11.8 Å². The highest BCUT2D eigenvalue weighted by Gasteiger charge is 2.46. The van der Waals surface area contributed by atoms with Gasteiger partial charge in [0.2, 0.25) is 17.8 Å². The van der Waals surface area contributed by atoms with Crippen molar-refractivity contribution in [2.24, 2.45) is 0 Å². The molecule has 2 saturated heterocycles. The van der Waals surface area contributed by atoms with E-state index in [1.54, 1.807) is 24.4 Å². The van der Waals surface area contributed by atoms with Crippen LogP contribution >= 0.6 is 0 Å². The molecule has 1 saturated carbocycles. The van der Waals surface area contributed by atoms with E-state index in [-0.39, 0.29) is 41.0 Å². The molecule has 1 atom stereocenters. The second-order valence-electron chi connectivity index (χ2n) is 15.4. The zero-order valence-electron chi connectivity index (χ0n) is 31.2. The van der Waals surface area contributed by atoms with Crippen LogP contribution in [-0.2, 0) is 26.3 Å². The third kappa shape index (κ3) is 7.36. The molecule has 3 fully saturated rings. The van der Waals surface area contributed by atoms with E-state index in [1.807, 2.05) is 30.3 Å². The summed E-state index contributed by atoms with van der Waals surface area (Å²) in [6.07, 6.45) is 3.46. The Morgan fingerprint density at radius 1 is 0.891 bits per heavy atom. The molecule has 1 aliphatic carbocycles. The molecule has 0 radical (unpaired) electrons. The quantitative estimate of drug-likeness (QED) is 0.199. The summed E-state index contributed by atoms with van der Waals surface area (Å²) in [5.41, 5.74) is 3.74. The van der Waals surface area contributed by atoms with Crippen molar-refractivity contribution in [3.8, 4) is 11.5 Å². The third-order valence-electron chi connectivity index (χ3n) is 11.1. The summed E-state index contributed by atoms with van der Waals surface area (Å²) in [4.78, 5) is 62.5. The molecule has 1 aromatic heterocycles. The van der Waals surface area contributed by atoms with Gasteiger partial charge in [-0.1, -0.05) is 38.1 Å². The van der Waals surface area contributed by atoms with Gasteiger partial charge in [0.1, 0.15) is 29.7 Å². The summed E-state index contributed by atoms with van der Waals surface area (Å²) in [5.74, 6) is 0.204. The summed E-state index contributed by atoms with van der Waals surface area (Å²) in [5, 5.41) is 5.70. The highest BCUT2D eigenvalue weighted by molar-refractivity contribution is 6.23. The smallest absolute Gasteiger partial charge is 0.262 e. The van der Waals surface area contributed by atoms with E-state index in [4.69, 9.17) is 14.2 Å². The number of aromatic nitrogens is 2. The van der Waals surface area contributed by atoms with Crippen LogP contribution in [0.3, 0.4) is 0 Å². The van der Waals surface area contributed by atoms with Crippen molar-refractivity contribution >= 4 is 35.3 Å². The number of piperidine rings is 1. The summed E-state index contributed by atoms with van der Waals surface area (Å²) in [7, 11) is 0. The molecule has 3 aromatic carbocycles. The number of fused-ring (bicyclic) bond motifs is 1. The lowest BCUT2D eigenvalue weighted by atomic mass is 9.76. The first-order valence-electron chi connectivity index (χ1n) is 18.8. The minimum absolute atomic E-state index is 0.0804. The van der Waals surface area contributed by atoms with Gasteiger partial charge < -0.3 is 24.4 Å². The minimum atomic E-state index is -0.990. The standard InChI is InChI=1S/C42H44N6O7/c1-41(2,26-4-9-31(10-5-26)54-25-29-16-17-43-40(45-29)47-18-20-53-21-19-47)27-6-11-32(12-7-27)55-42(3)23-30(24-42)44-28-8-13-33-34(22-28)39(52)48(38(33)51)35-14-15-36(49)46-37(35)50/h4-13,16-17,22,30,35,44H,14-15,18-21,23-25H2,1-3H3,(H,46,49,50)/t30-,35?,42-. The first-order valence-corrected chi connectivity index (χ1v) is 18.8. The lowest BCUT2D eigenvalue weighted by Crippen LogP contribution is -2.54. The number of ether oxygens (including phenoxy) is 3. The lowest BCUT2D eigenvalue weighted by Gasteiger charge is -2.45. The van der Waals surface area contributed by atoms with Crippen molar-refractivity contribution in [1.82, 2.24) is 20.2 Å². The van der Waals surface area contributed by atoms with E-state index in [0.29, 0.717) is 31.5 Å². The molecule has 4 amide bonds. The van der Waals surface area contributed by atoms with Gasteiger partial charge in [-0.2, -0.15) is 0 Å². The average Bonchev–Trinajstić information content (AvgIpc) is 3.42. The van der Waals surface area contributed by atoms with Crippen molar-refractivity contribution in [2.45, 2.75) is 76.2 Å². The Bertz CT molecular complexity index is 2120. The maximum Gasteiger partial charge on any atom is 0.262 e. The van der Waals surface area contributed by atoms with Gasteiger partial charge in [0, 0.05) is 55.7 Å². The van der Waals surface area contributed by atoms with Crippen LogP contribution < -0.4 is 25.0 Å². The van der Waals surface area contributed by atoms with Gasteiger partial charge in [-0.25, -0.2) is 9.97 Å². The highest BCUT2D eigenvalue weighted by atomic mass is 16.5. The fourth-order valence-electron chi connectivity index (χ4n) is 7.86. The molecule has 4 aliphatic rings. The number of carbonyl (C=O) groups is 4. The Morgan fingerprint density at radius 2 is 1.56 bits per heavy atom. The largest absolute Gasteiger partial charge is 0.487 e. The van der Waals surface area contributed by atoms with Crippen LogP contribution in [0.2, 0.25) is 0 Å². The van der Waals surface area contributed by atoms with E-state index in [1.165, 1.54) is 0 Å². The predicted octanol–water partition coefficient (Wildman–Crippen LogP) is 5.03. The Kier molecular flexibility index (Phi) is 9.50. The van der Waals surface area contributed by atoms with E-state index < -0.39 is 29.7 Å². The number of nitrogens with one attached hydrogen (secondary N) is 2. The van der Waals surface area contributed by atoms with E-state index in [2.05, 4.69) is 70.5 Å². The molecule has 4 aromatic rings. The fourth-order valence-corrected chi connectivity index (χ4v) is 7.86. The van der Waals surface area contributed by atoms with Gasteiger partial charge in [-0.3, -0.25) is 29.4 Å². The van der Waals surface area contributed by atoms with Crippen molar-refractivity contribution in [2.75, 3.05) is 36.5 Å². The summed E-state index contributed by atoms with van der Waals surface area (Å²) in [6, 6.07) is 22.5. The first kappa shape index (κ1) is 36.2. The van der Waals surface area contributed by atoms with Crippen LogP contribution in [0.25, 0.3) is 0 Å². The molecular formula is C42H44N6O7. The number of hydrogen-bond donors (Lipinski definition) is 2. The number of morpholine rings is 1. The topological polar surface area (TPSA) is 152 Å². The maximum atomic E-state index is 13.2. The minimum Gasteiger partial charge on any atom is -0.487 e. The monoisotopic (exact) mass is 744 g/mol. The van der Waals surface area contributed by atoms with Crippen molar-refractivity contribution in [1.29, 1.82) is 0 Å². The van der Waals surface area contributed by atoms with Crippen LogP contribution in [-0.4, -0.2) is 82.5 Å². The SMILES string of the molecule is CC(C)(c1ccc(OCc2ccnc(N3CCOCC3)n2)cc1)c1ccc(O[C@]2(C)C[C@@H](Nc3ccc4c(c3)C(=O)N(C3CCC(=O)NC3=O)C4=O)C2)cc1. The number of rotatable bonds is 11. The van der Waals surface area contributed by atoms with Crippen LogP contribution in [0.5, 0.6) is 11.5 Å². The normalized spacial score (nSPS) is 22.5. The zero-order chi connectivity index (χ0) is 38.3. The van der Waals surface area contributed by atoms with Crippen LogP contribution in [0.4, 0.5) is 11.6 Å². The Morgan fingerprint density at radius 3 is 2.25 bits per heavy atom. The highest BCUT2D eigenvalue weighted by Crippen LogP contribution is 2.40. The Hall–Kier alpha value is -5.82. The van der Waals surface area contributed by atoms with Crippen LogP contribution in [0.15, 0.2) is 79.0 Å². The number of hydrogen-bond acceptors (Lipinski definition) is 11. The number of carbonyl (C=O) groups excluding carboxylic acids is 4. The Labute approximate surface area is 319 Å². The lowest BCUT2D eigenvalue weighted by molar-refractivity contribution is -0.136. The fraction of sp³-hybridized carbons (Fsp3) is 0.381. The van der Waals surface area contributed by atoms with Crippen molar-refractivity contribution < 1.29 is 33.4 Å². The zero-order valence-corrected chi connectivity index (χ0v) is 31.2. The van der Waals surface area contributed by atoms with Crippen LogP contribution in [0.1, 0.15) is 84.0 Å². The molecule has 55 heavy (non-hydrogen) atoms. The van der Waals surface area contributed by atoms with E-state index >= 15 is 0 Å². The van der Waals surface area contributed by atoms with Gasteiger partial charge >= 0.3 is 0 Å². The summed E-state index contributed by atoms with van der Waals surface area (Å²) in [6.45, 7) is 9.75.